The molecule has 8 heteroatoms. The minimum absolute atomic E-state index is 0.00986. The fraction of sp³-hybridized carbons (Fsp3) is 0.960. The Morgan fingerprint density at radius 1 is 0.848 bits per heavy atom. The first-order chi connectivity index (χ1) is 15.6. The quantitative estimate of drug-likeness (QED) is 0.0967. The number of unbranched alkanes of at least 4 members (excludes halogenated alkanes) is 14. The molecule has 0 saturated carbocycles. The highest BCUT2D eigenvalue weighted by Gasteiger charge is 2.23. The zero-order valence-electron chi connectivity index (χ0n) is 21.5. The molecule has 198 valence electrons. The van der Waals surface area contributed by atoms with Gasteiger partial charge in [0.05, 0.1) is 12.7 Å². The summed E-state index contributed by atoms with van der Waals surface area (Å²) in [5.41, 5.74) is -0.490. The number of aliphatic hydroxyl groups excluding tert-OH is 1. The molecule has 0 aromatic heterocycles. The summed E-state index contributed by atoms with van der Waals surface area (Å²) in [5, 5.41) is 12.8. The number of rotatable bonds is 23. The van der Waals surface area contributed by atoms with Crippen LogP contribution in [0.1, 0.15) is 136 Å². The van der Waals surface area contributed by atoms with Crippen LogP contribution in [0, 0.1) is 0 Å². The summed E-state index contributed by atoms with van der Waals surface area (Å²) < 4.78 is 15.0. The van der Waals surface area contributed by atoms with E-state index in [1.165, 1.54) is 83.5 Å². The maximum absolute atomic E-state index is 12.2. The smallest absolute Gasteiger partial charge is 0.391 e. The molecule has 0 saturated heterocycles. The van der Waals surface area contributed by atoms with Crippen LogP contribution in [0.15, 0.2) is 0 Å². The predicted octanol–water partition coefficient (Wildman–Crippen LogP) is 6.39. The van der Waals surface area contributed by atoms with E-state index in [2.05, 4.69) is 16.8 Å². The van der Waals surface area contributed by atoms with Gasteiger partial charge in [0.1, 0.15) is 0 Å². The Morgan fingerprint density at radius 2 is 1.27 bits per heavy atom. The van der Waals surface area contributed by atoms with E-state index in [1.807, 2.05) is 13.8 Å². The van der Waals surface area contributed by atoms with Crippen molar-refractivity contribution in [1.29, 1.82) is 0 Å². The largest absolute Gasteiger partial charge is 0.469 e. The summed E-state index contributed by atoms with van der Waals surface area (Å²) in [5.74, 6) is 0.00986. The van der Waals surface area contributed by atoms with Gasteiger partial charge >= 0.3 is 7.82 Å². The van der Waals surface area contributed by atoms with Crippen molar-refractivity contribution in [2.75, 3.05) is 6.61 Å². The molecule has 4 N–H and O–H groups in total. The average molecular weight is 494 g/mol. The number of carbonyl (C=O) groups is 1. The Kier molecular flexibility index (Phi) is 19.5. The van der Waals surface area contributed by atoms with Gasteiger partial charge in [-0.25, -0.2) is 4.57 Å². The Hall–Kier alpha value is -0.460. The van der Waals surface area contributed by atoms with E-state index in [9.17, 15) is 14.5 Å². The molecule has 0 aromatic rings. The van der Waals surface area contributed by atoms with Crippen LogP contribution in [0.25, 0.3) is 0 Å². The number of hydrogen-bond donors (Lipinski definition) is 4. The molecular formula is C25H52NO6P. The fourth-order valence-corrected chi connectivity index (χ4v) is 4.32. The third kappa shape index (κ3) is 24.5. The lowest BCUT2D eigenvalue weighted by Crippen LogP contribution is -2.44. The molecule has 0 radical (unpaired) electrons. The van der Waals surface area contributed by atoms with Gasteiger partial charge in [-0.15, -0.1) is 0 Å². The molecule has 0 heterocycles. The minimum Gasteiger partial charge on any atom is -0.391 e. The van der Waals surface area contributed by atoms with Crippen LogP contribution in [0.5, 0.6) is 0 Å². The van der Waals surface area contributed by atoms with Crippen LogP contribution < -0.4 is 5.32 Å². The molecule has 0 bridgehead atoms. The summed E-state index contributed by atoms with van der Waals surface area (Å²) in [7, 11) is -4.57. The molecule has 0 rings (SSSR count). The summed E-state index contributed by atoms with van der Waals surface area (Å²) >= 11 is 0. The molecule has 1 atom stereocenters. The molecule has 33 heavy (non-hydrogen) atoms. The van der Waals surface area contributed by atoms with Gasteiger partial charge in [-0.1, -0.05) is 96.8 Å². The monoisotopic (exact) mass is 493 g/mol. The second kappa shape index (κ2) is 19.8. The maximum atomic E-state index is 12.2. The molecule has 1 amide bonds. The van der Waals surface area contributed by atoms with Crippen LogP contribution in [0.4, 0.5) is 0 Å². The van der Waals surface area contributed by atoms with Gasteiger partial charge in [-0.2, -0.15) is 0 Å². The first-order valence-electron chi connectivity index (χ1n) is 13.2. The van der Waals surface area contributed by atoms with Crippen LogP contribution in [0.2, 0.25) is 0 Å². The number of amides is 1. The lowest BCUT2D eigenvalue weighted by molar-refractivity contribution is -0.122. The molecule has 0 fully saturated rings. The van der Waals surface area contributed by atoms with Crippen molar-refractivity contribution in [1.82, 2.24) is 5.32 Å². The zero-order valence-corrected chi connectivity index (χ0v) is 22.4. The summed E-state index contributed by atoms with van der Waals surface area (Å²) in [6.07, 6.45) is 19.7. The number of phosphoric ester groups is 1. The normalized spacial score (nSPS) is 13.3. The highest BCUT2D eigenvalue weighted by atomic mass is 31.2. The maximum Gasteiger partial charge on any atom is 0.469 e. The van der Waals surface area contributed by atoms with E-state index in [-0.39, 0.29) is 12.3 Å². The van der Waals surface area contributed by atoms with E-state index in [1.54, 1.807) is 0 Å². The standard InChI is InChI=1S/C25H52NO6P/c1-4-5-6-7-8-9-10-11-12-13-14-15-16-17-18-19-24(28)26-25(2,3)21-20-23(27)22-32-33(29,30)31/h23,27H,4-22H2,1-3H3,(H,26,28)(H2,29,30,31). The highest BCUT2D eigenvalue weighted by molar-refractivity contribution is 7.46. The van der Waals surface area contributed by atoms with Gasteiger partial charge in [-0.3, -0.25) is 9.32 Å². The van der Waals surface area contributed by atoms with Crippen LogP contribution in [-0.2, 0) is 13.9 Å². The van der Waals surface area contributed by atoms with Crippen LogP contribution in [-0.4, -0.2) is 39.1 Å². The first kappa shape index (κ1) is 32.5. The fourth-order valence-electron chi connectivity index (χ4n) is 3.95. The van der Waals surface area contributed by atoms with Crippen molar-refractivity contribution in [2.45, 2.75) is 148 Å². The molecule has 0 aliphatic carbocycles. The molecule has 1 unspecified atom stereocenters. The molecule has 0 aliphatic heterocycles. The van der Waals surface area contributed by atoms with Crippen molar-refractivity contribution < 1.29 is 28.8 Å². The van der Waals surface area contributed by atoms with Crippen molar-refractivity contribution in [3.63, 3.8) is 0 Å². The Bertz CT molecular complexity index is 523. The third-order valence-electron chi connectivity index (χ3n) is 6.02. The van der Waals surface area contributed by atoms with Gasteiger partial charge in [0, 0.05) is 12.0 Å². The van der Waals surface area contributed by atoms with Gasteiger partial charge in [0.15, 0.2) is 0 Å². The third-order valence-corrected chi connectivity index (χ3v) is 6.51. The van der Waals surface area contributed by atoms with Crippen molar-refractivity contribution in [3.8, 4) is 0 Å². The number of carbonyl (C=O) groups excluding carboxylic acids is 1. The van der Waals surface area contributed by atoms with E-state index in [0.717, 1.165) is 12.8 Å². The molecule has 0 aromatic carbocycles. The van der Waals surface area contributed by atoms with Crippen molar-refractivity contribution in [2.24, 2.45) is 0 Å². The van der Waals surface area contributed by atoms with Gasteiger partial charge in [0.2, 0.25) is 5.91 Å². The molecular weight excluding hydrogens is 441 g/mol. The van der Waals surface area contributed by atoms with Crippen LogP contribution in [0.3, 0.4) is 0 Å². The van der Waals surface area contributed by atoms with E-state index >= 15 is 0 Å². The van der Waals surface area contributed by atoms with Gasteiger partial charge < -0.3 is 20.2 Å². The summed E-state index contributed by atoms with van der Waals surface area (Å²) in [6.45, 7) is 5.60. The van der Waals surface area contributed by atoms with E-state index in [0.29, 0.717) is 12.8 Å². The number of phosphoric acid groups is 1. The van der Waals surface area contributed by atoms with E-state index in [4.69, 9.17) is 9.79 Å². The summed E-state index contributed by atoms with van der Waals surface area (Å²) in [6, 6.07) is 0. The Morgan fingerprint density at radius 3 is 1.70 bits per heavy atom. The van der Waals surface area contributed by atoms with Gasteiger partial charge in [0.25, 0.3) is 0 Å². The minimum atomic E-state index is -4.57. The van der Waals surface area contributed by atoms with Crippen molar-refractivity contribution >= 4 is 13.7 Å². The van der Waals surface area contributed by atoms with Gasteiger partial charge in [-0.05, 0) is 33.1 Å². The number of hydrogen-bond acceptors (Lipinski definition) is 4. The lowest BCUT2D eigenvalue weighted by atomic mass is 9.96. The average Bonchev–Trinajstić information content (AvgIpc) is 2.72. The summed E-state index contributed by atoms with van der Waals surface area (Å²) in [4.78, 5) is 29.5. The predicted molar refractivity (Wildman–Crippen MR) is 135 cm³/mol. The molecule has 0 spiro atoms. The topological polar surface area (TPSA) is 116 Å². The van der Waals surface area contributed by atoms with Crippen molar-refractivity contribution in [3.05, 3.63) is 0 Å². The second-order valence-electron chi connectivity index (χ2n) is 10.1. The van der Waals surface area contributed by atoms with E-state index < -0.39 is 26.1 Å². The Balaban J connectivity index is 3.57. The lowest BCUT2D eigenvalue weighted by Gasteiger charge is -2.27. The molecule has 7 nitrogen and oxygen atoms in total. The zero-order chi connectivity index (χ0) is 25.0. The second-order valence-corrected chi connectivity index (χ2v) is 11.4. The molecule has 0 aliphatic rings. The SMILES string of the molecule is CCCCCCCCCCCCCCCCCC(=O)NC(C)(C)CCC(O)COP(=O)(O)O. The Labute approximate surface area is 202 Å². The number of aliphatic hydroxyl groups is 1. The highest BCUT2D eigenvalue weighted by Crippen LogP contribution is 2.36. The van der Waals surface area contributed by atoms with Crippen LogP contribution >= 0.6 is 7.82 Å². The number of nitrogens with one attached hydrogen (secondary N) is 1. The first-order valence-corrected chi connectivity index (χ1v) is 14.8.